The van der Waals surface area contributed by atoms with Gasteiger partial charge in [-0.15, -0.1) is 0 Å². The predicted molar refractivity (Wildman–Crippen MR) is 49.6 cm³/mol. The van der Waals surface area contributed by atoms with Gasteiger partial charge in [0, 0.05) is 5.25 Å². The van der Waals surface area contributed by atoms with Gasteiger partial charge in [0.15, 0.2) is 0 Å². The van der Waals surface area contributed by atoms with Gasteiger partial charge in [0.05, 0.1) is 0 Å². The van der Waals surface area contributed by atoms with Crippen molar-refractivity contribution >= 4 is 11.8 Å². The molecule has 10 heavy (non-hydrogen) atoms. The number of hydrogen-bond acceptors (Lipinski definition) is 1. The minimum absolute atomic E-state index is 0.994. The highest BCUT2D eigenvalue weighted by atomic mass is 32.2. The maximum absolute atomic E-state index is 2.39. The summed E-state index contributed by atoms with van der Waals surface area (Å²) in [5.41, 5.74) is 0. The quantitative estimate of drug-likeness (QED) is 0.594. The first kappa shape index (κ1) is 8.45. The second-order valence-electron chi connectivity index (χ2n) is 3.35. The van der Waals surface area contributed by atoms with E-state index >= 15 is 0 Å². The third-order valence-electron chi connectivity index (χ3n) is 2.29. The Morgan fingerprint density at radius 3 is 2.80 bits per heavy atom. The van der Waals surface area contributed by atoms with Gasteiger partial charge in [-0.25, -0.2) is 0 Å². The summed E-state index contributed by atoms with van der Waals surface area (Å²) >= 11 is 2.16. The van der Waals surface area contributed by atoms with Crippen molar-refractivity contribution in [3.63, 3.8) is 0 Å². The Balaban J connectivity index is 2.18. The van der Waals surface area contributed by atoms with Gasteiger partial charge in [0.25, 0.3) is 0 Å². The fourth-order valence-electron chi connectivity index (χ4n) is 1.77. The monoisotopic (exact) mass is 158 g/mol. The van der Waals surface area contributed by atoms with Crippen LogP contribution in [-0.4, -0.2) is 11.0 Å². The first-order valence-corrected chi connectivity index (χ1v) is 5.49. The molecule has 2 atom stereocenters. The molecule has 1 aliphatic carbocycles. The van der Waals surface area contributed by atoms with Crippen LogP contribution in [0, 0.1) is 5.92 Å². The van der Waals surface area contributed by atoms with E-state index < -0.39 is 0 Å². The fraction of sp³-hybridized carbons (Fsp3) is 1.00. The second kappa shape index (κ2) is 4.27. The lowest BCUT2D eigenvalue weighted by atomic mass is 9.91. The molecule has 1 saturated carbocycles. The Morgan fingerprint density at radius 2 is 2.20 bits per heavy atom. The van der Waals surface area contributed by atoms with Crippen molar-refractivity contribution in [3.05, 3.63) is 0 Å². The Morgan fingerprint density at radius 1 is 1.40 bits per heavy atom. The zero-order valence-electron chi connectivity index (χ0n) is 7.10. The van der Waals surface area contributed by atoms with Crippen LogP contribution in [0.4, 0.5) is 0 Å². The van der Waals surface area contributed by atoms with Gasteiger partial charge in [-0.2, -0.15) is 11.8 Å². The first-order valence-electron chi connectivity index (χ1n) is 4.44. The van der Waals surface area contributed by atoms with Crippen molar-refractivity contribution in [1.82, 2.24) is 0 Å². The average Bonchev–Trinajstić information content (AvgIpc) is 1.88. The molecule has 0 aromatic rings. The molecule has 0 unspecified atom stereocenters. The summed E-state index contributed by atoms with van der Waals surface area (Å²) in [5.74, 6) is 2.30. The lowest BCUT2D eigenvalue weighted by molar-refractivity contribution is 0.394. The second-order valence-corrected chi connectivity index (χ2v) is 4.93. The third-order valence-corrected chi connectivity index (χ3v) is 3.52. The summed E-state index contributed by atoms with van der Waals surface area (Å²) in [6.07, 6.45) is 5.89. The van der Waals surface area contributed by atoms with Gasteiger partial charge < -0.3 is 0 Å². The largest absolute Gasteiger partial charge is 0.159 e. The minimum atomic E-state index is 0.994. The molecule has 1 fully saturated rings. The van der Waals surface area contributed by atoms with Crippen LogP contribution in [0.2, 0.25) is 0 Å². The first-order chi connectivity index (χ1) is 4.83. The smallest absolute Gasteiger partial charge is 0.00494 e. The van der Waals surface area contributed by atoms with Crippen LogP contribution in [0.1, 0.15) is 39.5 Å². The van der Waals surface area contributed by atoms with Crippen LogP contribution < -0.4 is 0 Å². The standard InChI is InChI=1S/C9H18S/c1-3-10-9-6-4-5-8(2)7-9/h8-9H,3-7H2,1-2H3/t8-,9-/m1/s1. The Labute approximate surface area is 68.8 Å². The molecule has 60 valence electrons. The van der Waals surface area contributed by atoms with E-state index in [9.17, 15) is 0 Å². The molecule has 0 spiro atoms. The molecular weight excluding hydrogens is 140 g/mol. The molecule has 1 aliphatic rings. The van der Waals surface area contributed by atoms with E-state index in [-0.39, 0.29) is 0 Å². The molecule has 1 rings (SSSR count). The summed E-state index contributed by atoms with van der Waals surface area (Å²) in [6, 6.07) is 0. The molecule has 0 saturated heterocycles. The van der Waals surface area contributed by atoms with Crippen LogP contribution in [0.3, 0.4) is 0 Å². The molecule has 0 amide bonds. The van der Waals surface area contributed by atoms with Gasteiger partial charge in [0.2, 0.25) is 0 Å². The van der Waals surface area contributed by atoms with Crippen molar-refractivity contribution in [2.75, 3.05) is 5.75 Å². The molecule has 0 aliphatic heterocycles. The summed E-state index contributed by atoms with van der Waals surface area (Å²) in [7, 11) is 0. The summed E-state index contributed by atoms with van der Waals surface area (Å²) < 4.78 is 0. The number of hydrogen-bond donors (Lipinski definition) is 0. The molecule has 0 nitrogen and oxygen atoms in total. The zero-order chi connectivity index (χ0) is 7.40. The molecule has 0 radical (unpaired) electrons. The van der Waals surface area contributed by atoms with E-state index in [0.29, 0.717) is 0 Å². The highest BCUT2D eigenvalue weighted by Gasteiger charge is 2.17. The molecule has 0 N–H and O–H groups in total. The zero-order valence-corrected chi connectivity index (χ0v) is 7.91. The highest BCUT2D eigenvalue weighted by Crippen LogP contribution is 2.31. The van der Waals surface area contributed by atoms with Gasteiger partial charge in [0.1, 0.15) is 0 Å². The van der Waals surface area contributed by atoms with Gasteiger partial charge in [-0.3, -0.25) is 0 Å². The third kappa shape index (κ3) is 2.53. The van der Waals surface area contributed by atoms with E-state index in [1.54, 1.807) is 0 Å². The Kier molecular flexibility index (Phi) is 3.61. The summed E-state index contributed by atoms with van der Waals surface area (Å²) in [4.78, 5) is 0. The van der Waals surface area contributed by atoms with Crippen LogP contribution in [0.25, 0.3) is 0 Å². The van der Waals surface area contributed by atoms with Gasteiger partial charge in [-0.1, -0.05) is 26.7 Å². The topological polar surface area (TPSA) is 0 Å². The van der Waals surface area contributed by atoms with E-state index in [0.717, 1.165) is 11.2 Å². The predicted octanol–water partition coefficient (Wildman–Crippen LogP) is 3.32. The van der Waals surface area contributed by atoms with Crippen LogP contribution in [-0.2, 0) is 0 Å². The maximum atomic E-state index is 2.39. The Bertz CT molecular complexity index is 88.7. The van der Waals surface area contributed by atoms with Crippen LogP contribution in [0.15, 0.2) is 0 Å². The van der Waals surface area contributed by atoms with Crippen molar-refractivity contribution in [3.8, 4) is 0 Å². The van der Waals surface area contributed by atoms with E-state index in [2.05, 4.69) is 25.6 Å². The van der Waals surface area contributed by atoms with Crippen molar-refractivity contribution in [2.24, 2.45) is 5.92 Å². The summed E-state index contributed by atoms with van der Waals surface area (Å²) in [6.45, 7) is 4.66. The molecular formula is C9H18S. The molecule has 1 heteroatoms. The van der Waals surface area contributed by atoms with E-state index in [4.69, 9.17) is 0 Å². The summed E-state index contributed by atoms with van der Waals surface area (Å²) in [5, 5.41) is 0.994. The SMILES string of the molecule is CCS[C@@H]1CCC[C@@H](C)C1. The lowest BCUT2D eigenvalue weighted by Gasteiger charge is -2.25. The number of rotatable bonds is 2. The van der Waals surface area contributed by atoms with Crippen molar-refractivity contribution < 1.29 is 0 Å². The fourth-order valence-corrected chi connectivity index (χ4v) is 3.03. The van der Waals surface area contributed by atoms with E-state index in [1.165, 1.54) is 31.4 Å². The lowest BCUT2D eigenvalue weighted by Crippen LogP contribution is -2.15. The van der Waals surface area contributed by atoms with Crippen LogP contribution >= 0.6 is 11.8 Å². The Hall–Kier alpha value is 0.350. The minimum Gasteiger partial charge on any atom is -0.159 e. The van der Waals surface area contributed by atoms with Crippen molar-refractivity contribution in [2.45, 2.75) is 44.8 Å². The maximum Gasteiger partial charge on any atom is 0.00494 e. The normalized spacial score (nSPS) is 34.2. The molecule has 0 aromatic carbocycles. The van der Waals surface area contributed by atoms with Gasteiger partial charge in [-0.05, 0) is 24.5 Å². The van der Waals surface area contributed by atoms with Crippen LogP contribution in [0.5, 0.6) is 0 Å². The number of thioether (sulfide) groups is 1. The average molecular weight is 158 g/mol. The molecule has 0 aromatic heterocycles. The highest BCUT2D eigenvalue weighted by molar-refractivity contribution is 7.99. The van der Waals surface area contributed by atoms with Gasteiger partial charge >= 0.3 is 0 Å². The molecule has 0 heterocycles. The molecule has 0 bridgehead atoms. The van der Waals surface area contributed by atoms with Crippen molar-refractivity contribution in [1.29, 1.82) is 0 Å². The van der Waals surface area contributed by atoms with E-state index in [1.807, 2.05) is 0 Å².